The molecule has 74 valence electrons. The van der Waals surface area contributed by atoms with Crippen molar-refractivity contribution in [3.8, 4) is 0 Å². The third-order valence-corrected chi connectivity index (χ3v) is 3.20. The lowest BCUT2D eigenvalue weighted by atomic mass is 9.84. The second-order valence-corrected chi connectivity index (χ2v) is 4.74. The number of carbonyl (C=O) groups excluding carboxylic acids is 1. The average molecular weight is 182 g/mol. The summed E-state index contributed by atoms with van der Waals surface area (Å²) in [5, 5.41) is 6.54. The topological polar surface area (TPSA) is 41.1 Å². The van der Waals surface area contributed by atoms with Crippen molar-refractivity contribution in [1.29, 1.82) is 0 Å². The Hall–Kier alpha value is -0.570. The summed E-state index contributed by atoms with van der Waals surface area (Å²) >= 11 is 0. The Morgan fingerprint density at radius 1 is 1.23 bits per heavy atom. The predicted molar refractivity (Wildman–Crippen MR) is 51.4 cm³/mol. The molecule has 0 bridgehead atoms. The Bertz CT molecular complexity index is 225. The van der Waals surface area contributed by atoms with E-state index in [2.05, 4.69) is 10.6 Å². The van der Waals surface area contributed by atoms with Crippen molar-refractivity contribution in [2.75, 3.05) is 0 Å². The van der Waals surface area contributed by atoms with Gasteiger partial charge in [-0.3, -0.25) is 10.1 Å². The number of fused-ring (bicyclic) bond motifs is 1. The zero-order valence-corrected chi connectivity index (χ0v) is 8.39. The fraction of sp³-hybridized carbons (Fsp3) is 0.900. The van der Waals surface area contributed by atoms with Crippen molar-refractivity contribution in [1.82, 2.24) is 10.6 Å². The van der Waals surface area contributed by atoms with Gasteiger partial charge in [-0.05, 0) is 26.7 Å². The van der Waals surface area contributed by atoms with Gasteiger partial charge in [0, 0.05) is 12.1 Å². The summed E-state index contributed by atoms with van der Waals surface area (Å²) in [4.78, 5) is 11.6. The van der Waals surface area contributed by atoms with Gasteiger partial charge in [-0.1, -0.05) is 12.8 Å². The van der Waals surface area contributed by atoms with Crippen LogP contribution in [-0.4, -0.2) is 23.5 Å². The molecule has 0 aromatic heterocycles. The maximum absolute atomic E-state index is 11.6. The molecular weight excluding hydrogens is 164 g/mol. The van der Waals surface area contributed by atoms with E-state index < -0.39 is 0 Å². The van der Waals surface area contributed by atoms with E-state index in [4.69, 9.17) is 0 Å². The van der Waals surface area contributed by atoms with Crippen LogP contribution in [0.4, 0.5) is 0 Å². The van der Waals surface area contributed by atoms with E-state index in [1.165, 1.54) is 19.3 Å². The van der Waals surface area contributed by atoms with Gasteiger partial charge in [-0.25, -0.2) is 0 Å². The molecule has 1 aliphatic heterocycles. The maximum Gasteiger partial charge on any atom is 0.240 e. The Balaban J connectivity index is 2.10. The molecule has 0 aromatic carbocycles. The van der Waals surface area contributed by atoms with Crippen LogP contribution in [-0.2, 0) is 4.79 Å². The van der Waals surface area contributed by atoms with Crippen molar-refractivity contribution in [3.63, 3.8) is 0 Å². The molecule has 2 atom stereocenters. The minimum Gasteiger partial charge on any atom is -0.350 e. The number of hydrogen-bond acceptors (Lipinski definition) is 2. The zero-order valence-electron chi connectivity index (χ0n) is 8.39. The molecule has 2 rings (SSSR count). The third-order valence-electron chi connectivity index (χ3n) is 3.20. The molecule has 2 unspecified atom stereocenters. The van der Waals surface area contributed by atoms with Gasteiger partial charge in [0.25, 0.3) is 0 Å². The molecule has 1 saturated heterocycles. The smallest absolute Gasteiger partial charge is 0.240 e. The molecule has 0 aromatic rings. The van der Waals surface area contributed by atoms with E-state index >= 15 is 0 Å². The SMILES string of the molecule is CC1(C)NC2CCCCC2NC1=O. The zero-order chi connectivity index (χ0) is 9.47. The fourth-order valence-electron chi connectivity index (χ4n) is 2.35. The molecule has 13 heavy (non-hydrogen) atoms. The van der Waals surface area contributed by atoms with Gasteiger partial charge < -0.3 is 5.32 Å². The first kappa shape index (κ1) is 9.00. The standard InChI is InChI=1S/C10H18N2O/c1-10(2)9(13)11-7-5-3-4-6-8(7)12-10/h7-8,12H,3-6H2,1-2H3,(H,11,13). The first-order chi connectivity index (χ1) is 6.09. The summed E-state index contributed by atoms with van der Waals surface area (Å²) < 4.78 is 0. The van der Waals surface area contributed by atoms with E-state index in [-0.39, 0.29) is 11.4 Å². The van der Waals surface area contributed by atoms with Crippen LogP contribution in [0.5, 0.6) is 0 Å². The molecular formula is C10H18N2O. The quantitative estimate of drug-likeness (QED) is 0.581. The lowest BCUT2D eigenvalue weighted by Gasteiger charge is -2.44. The van der Waals surface area contributed by atoms with E-state index in [9.17, 15) is 4.79 Å². The second kappa shape index (κ2) is 2.98. The van der Waals surface area contributed by atoms with Crippen molar-refractivity contribution in [2.24, 2.45) is 0 Å². The highest BCUT2D eigenvalue weighted by atomic mass is 16.2. The van der Waals surface area contributed by atoms with Crippen LogP contribution in [0.1, 0.15) is 39.5 Å². The minimum absolute atomic E-state index is 0.149. The van der Waals surface area contributed by atoms with Gasteiger partial charge in [-0.15, -0.1) is 0 Å². The van der Waals surface area contributed by atoms with Gasteiger partial charge in [0.1, 0.15) is 0 Å². The molecule has 1 aliphatic carbocycles. The van der Waals surface area contributed by atoms with Crippen LogP contribution >= 0.6 is 0 Å². The van der Waals surface area contributed by atoms with Gasteiger partial charge >= 0.3 is 0 Å². The lowest BCUT2D eigenvalue weighted by Crippen LogP contribution is -2.69. The largest absolute Gasteiger partial charge is 0.350 e. The van der Waals surface area contributed by atoms with Crippen molar-refractivity contribution in [2.45, 2.75) is 57.2 Å². The van der Waals surface area contributed by atoms with Gasteiger partial charge in [0.05, 0.1) is 5.54 Å². The van der Waals surface area contributed by atoms with Crippen LogP contribution < -0.4 is 10.6 Å². The number of carbonyl (C=O) groups is 1. The van der Waals surface area contributed by atoms with E-state index in [1.807, 2.05) is 13.8 Å². The highest BCUT2D eigenvalue weighted by Gasteiger charge is 2.40. The number of hydrogen-bond donors (Lipinski definition) is 2. The molecule has 1 saturated carbocycles. The van der Waals surface area contributed by atoms with Crippen LogP contribution in [0.3, 0.4) is 0 Å². The van der Waals surface area contributed by atoms with Gasteiger partial charge in [0.2, 0.25) is 5.91 Å². The van der Waals surface area contributed by atoms with Crippen molar-refractivity contribution < 1.29 is 4.79 Å². The summed E-state index contributed by atoms with van der Waals surface area (Å²) in [5.74, 6) is 0.149. The molecule has 2 fully saturated rings. The number of nitrogens with one attached hydrogen (secondary N) is 2. The van der Waals surface area contributed by atoms with Crippen LogP contribution in [0, 0.1) is 0 Å². The van der Waals surface area contributed by atoms with Crippen LogP contribution in [0.15, 0.2) is 0 Å². The minimum atomic E-state index is -0.376. The highest BCUT2D eigenvalue weighted by Crippen LogP contribution is 2.24. The predicted octanol–water partition coefficient (Wildman–Crippen LogP) is 0.796. The summed E-state index contributed by atoms with van der Waals surface area (Å²) in [7, 11) is 0. The molecule has 2 aliphatic rings. The van der Waals surface area contributed by atoms with Gasteiger partial charge in [-0.2, -0.15) is 0 Å². The average Bonchev–Trinajstić information content (AvgIpc) is 2.06. The summed E-state index contributed by atoms with van der Waals surface area (Å²) in [6, 6.07) is 0.885. The maximum atomic E-state index is 11.6. The second-order valence-electron chi connectivity index (χ2n) is 4.74. The molecule has 0 spiro atoms. The van der Waals surface area contributed by atoms with Gasteiger partial charge in [0.15, 0.2) is 0 Å². The summed E-state index contributed by atoms with van der Waals surface area (Å²) in [6.07, 6.45) is 4.89. The molecule has 2 N–H and O–H groups in total. The molecule has 3 nitrogen and oxygen atoms in total. The normalized spacial score (nSPS) is 37.8. The first-order valence-electron chi connectivity index (χ1n) is 5.18. The summed E-state index contributed by atoms with van der Waals surface area (Å²) in [6.45, 7) is 3.90. The van der Waals surface area contributed by atoms with E-state index in [0.29, 0.717) is 12.1 Å². The first-order valence-corrected chi connectivity index (χ1v) is 5.18. The summed E-state index contributed by atoms with van der Waals surface area (Å²) in [5.41, 5.74) is -0.376. The Morgan fingerprint density at radius 2 is 1.85 bits per heavy atom. The number of piperazine rings is 1. The Labute approximate surface area is 79.3 Å². The molecule has 1 amide bonds. The monoisotopic (exact) mass is 182 g/mol. The van der Waals surface area contributed by atoms with Crippen molar-refractivity contribution >= 4 is 5.91 Å². The fourth-order valence-corrected chi connectivity index (χ4v) is 2.35. The molecule has 3 heteroatoms. The van der Waals surface area contributed by atoms with E-state index in [1.54, 1.807) is 0 Å². The van der Waals surface area contributed by atoms with Crippen LogP contribution in [0.2, 0.25) is 0 Å². The molecule has 1 heterocycles. The highest BCUT2D eigenvalue weighted by molar-refractivity contribution is 5.86. The lowest BCUT2D eigenvalue weighted by molar-refractivity contribution is -0.130. The number of amides is 1. The molecule has 0 radical (unpaired) electrons. The third kappa shape index (κ3) is 1.57. The number of rotatable bonds is 0. The van der Waals surface area contributed by atoms with Crippen molar-refractivity contribution in [3.05, 3.63) is 0 Å². The van der Waals surface area contributed by atoms with Crippen LogP contribution in [0.25, 0.3) is 0 Å². The Kier molecular flexibility index (Phi) is 2.06. The Morgan fingerprint density at radius 3 is 2.54 bits per heavy atom. The van der Waals surface area contributed by atoms with E-state index in [0.717, 1.165) is 6.42 Å².